The maximum Gasteiger partial charge on any atom is 0.289 e. The first kappa shape index (κ1) is 18.4. The molecule has 2 saturated heterocycles. The van der Waals surface area contributed by atoms with Crippen molar-refractivity contribution in [3.8, 4) is 0 Å². The SMILES string of the molecule is Cc1c(C(=O)N2CC[C@@H](O)[C@@H](O)[C@H](N3CCOCC3)C2)oc2ccccc12. The number of hydrogen-bond donors (Lipinski definition) is 2. The highest BCUT2D eigenvalue weighted by atomic mass is 16.5. The molecule has 7 heteroatoms. The first-order valence-corrected chi connectivity index (χ1v) is 9.51. The van der Waals surface area contributed by atoms with Gasteiger partial charge in [0.2, 0.25) is 0 Å². The predicted octanol–water partition coefficient (Wildman–Crippen LogP) is 1.01. The van der Waals surface area contributed by atoms with Gasteiger partial charge >= 0.3 is 0 Å². The number of furan rings is 1. The number of carbonyl (C=O) groups excluding carboxylic acids is 1. The Morgan fingerprint density at radius 1 is 1.15 bits per heavy atom. The largest absolute Gasteiger partial charge is 0.451 e. The zero-order chi connectivity index (χ0) is 19.0. The number of benzene rings is 1. The molecule has 0 aliphatic carbocycles. The van der Waals surface area contributed by atoms with E-state index in [-0.39, 0.29) is 11.9 Å². The lowest BCUT2D eigenvalue weighted by molar-refractivity contribution is -0.0609. The normalized spacial score (nSPS) is 27.7. The van der Waals surface area contributed by atoms with Gasteiger partial charge in [0, 0.05) is 37.1 Å². The molecule has 27 heavy (non-hydrogen) atoms. The topological polar surface area (TPSA) is 86.4 Å². The number of aliphatic hydroxyl groups is 2. The molecule has 0 radical (unpaired) electrons. The smallest absolute Gasteiger partial charge is 0.289 e. The van der Waals surface area contributed by atoms with Crippen molar-refractivity contribution in [2.75, 3.05) is 39.4 Å². The molecule has 0 spiro atoms. The van der Waals surface area contributed by atoms with E-state index < -0.39 is 12.2 Å². The number of para-hydroxylation sites is 1. The zero-order valence-electron chi connectivity index (χ0n) is 15.5. The van der Waals surface area contributed by atoms with Crippen molar-refractivity contribution >= 4 is 16.9 Å². The van der Waals surface area contributed by atoms with Crippen LogP contribution in [0.15, 0.2) is 28.7 Å². The van der Waals surface area contributed by atoms with Crippen molar-refractivity contribution in [3.63, 3.8) is 0 Å². The number of morpholine rings is 1. The van der Waals surface area contributed by atoms with E-state index in [1.54, 1.807) is 4.90 Å². The fraction of sp³-hybridized carbons (Fsp3) is 0.550. The van der Waals surface area contributed by atoms with Gasteiger partial charge in [0.1, 0.15) is 5.58 Å². The summed E-state index contributed by atoms with van der Waals surface area (Å²) in [6.07, 6.45) is -1.40. The number of carbonyl (C=O) groups is 1. The van der Waals surface area contributed by atoms with E-state index in [1.807, 2.05) is 31.2 Å². The minimum atomic E-state index is -0.891. The molecular weight excluding hydrogens is 348 g/mol. The number of hydrogen-bond acceptors (Lipinski definition) is 6. The van der Waals surface area contributed by atoms with Crippen LogP contribution >= 0.6 is 0 Å². The van der Waals surface area contributed by atoms with Crippen molar-refractivity contribution in [1.82, 2.24) is 9.80 Å². The second-order valence-corrected chi connectivity index (χ2v) is 7.37. The summed E-state index contributed by atoms with van der Waals surface area (Å²) in [7, 11) is 0. The summed E-state index contributed by atoms with van der Waals surface area (Å²) in [6.45, 7) is 5.17. The summed E-state index contributed by atoms with van der Waals surface area (Å²) >= 11 is 0. The van der Waals surface area contributed by atoms with E-state index >= 15 is 0 Å². The van der Waals surface area contributed by atoms with Gasteiger partial charge in [-0.15, -0.1) is 0 Å². The van der Waals surface area contributed by atoms with Crippen molar-refractivity contribution in [3.05, 3.63) is 35.6 Å². The van der Waals surface area contributed by atoms with Crippen LogP contribution in [0, 0.1) is 6.92 Å². The molecule has 0 bridgehead atoms. The second-order valence-electron chi connectivity index (χ2n) is 7.37. The summed E-state index contributed by atoms with van der Waals surface area (Å²) in [5.74, 6) is 0.145. The molecule has 0 saturated carbocycles. The number of ether oxygens (including phenoxy) is 1. The lowest BCUT2D eigenvalue weighted by atomic mass is 10.0. The van der Waals surface area contributed by atoms with Crippen molar-refractivity contribution in [1.29, 1.82) is 0 Å². The molecule has 1 amide bonds. The third kappa shape index (κ3) is 3.48. The minimum Gasteiger partial charge on any atom is -0.451 e. The van der Waals surface area contributed by atoms with Crippen LogP contribution in [0.4, 0.5) is 0 Å². The number of amides is 1. The quantitative estimate of drug-likeness (QED) is 0.816. The number of likely N-dealkylation sites (tertiary alicyclic amines) is 1. The van der Waals surface area contributed by atoms with Crippen molar-refractivity contribution in [2.45, 2.75) is 31.6 Å². The molecule has 2 aromatic rings. The number of fused-ring (bicyclic) bond motifs is 1. The third-order valence-electron chi connectivity index (χ3n) is 5.73. The van der Waals surface area contributed by atoms with E-state index in [9.17, 15) is 15.0 Å². The van der Waals surface area contributed by atoms with Crippen LogP contribution in [0.5, 0.6) is 0 Å². The lowest BCUT2D eigenvalue weighted by Gasteiger charge is -2.38. The van der Waals surface area contributed by atoms with E-state index in [0.29, 0.717) is 57.2 Å². The van der Waals surface area contributed by atoms with Gasteiger partial charge in [0.25, 0.3) is 5.91 Å². The highest BCUT2D eigenvalue weighted by Crippen LogP contribution is 2.27. The summed E-state index contributed by atoms with van der Waals surface area (Å²) in [6, 6.07) is 7.28. The Labute approximate surface area is 158 Å². The molecule has 3 atom stereocenters. The predicted molar refractivity (Wildman–Crippen MR) is 99.7 cm³/mol. The van der Waals surface area contributed by atoms with Gasteiger partial charge in [0.15, 0.2) is 5.76 Å². The average Bonchev–Trinajstić information content (AvgIpc) is 2.96. The van der Waals surface area contributed by atoms with Gasteiger partial charge in [-0.1, -0.05) is 18.2 Å². The molecule has 7 nitrogen and oxygen atoms in total. The van der Waals surface area contributed by atoms with Gasteiger partial charge in [-0.3, -0.25) is 9.69 Å². The Morgan fingerprint density at radius 3 is 2.63 bits per heavy atom. The van der Waals surface area contributed by atoms with E-state index in [0.717, 1.165) is 10.9 Å². The second kappa shape index (κ2) is 7.59. The maximum atomic E-state index is 13.2. The minimum absolute atomic E-state index is 0.191. The Balaban J connectivity index is 1.61. The number of aliphatic hydroxyl groups excluding tert-OH is 2. The molecule has 2 aliphatic heterocycles. The lowest BCUT2D eigenvalue weighted by Crippen LogP contribution is -2.55. The van der Waals surface area contributed by atoms with Crippen LogP contribution in [0.25, 0.3) is 11.0 Å². The van der Waals surface area contributed by atoms with Crippen LogP contribution < -0.4 is 0 Å². The van der Waals surface area contributed by atoms with Gasteiger partial charge in [-0.25, -0.2) is 0 Å². The Hall–Kier alpha value is -1.93. The Bertz CT molecular complexity index is 814. The summed E-state index contributed by atoms with van der Waals surface area (Å²) in [4.78, 5) is 17.0. The summed E-state index contributed by atoms with van der Waals surface area (Å²) in [5.41, 5.74) is 1.52. The van der Waals surface area contributed by atoms with Gasteiger partial charge in [-0.2, -0.15) is 0 Å². The first-order chi connectivity index (χ1) is 13.1. The van der Waals surface area contributed by atoms with Crippen LogP contribution in [-0.4, -0.2) is 83.6 Å². The van der Waals surface area contributed by atoms with Crippen LogP contribution in [-0.2, 0) is 4.74 Å². The fourth-order valence-electron chi connectivity index (χ4n) is 4.09. The fourth-order valence-corrected chi connectivity index (χ4v) is 4.09. The molecule has 0 unspecified atom stereocenters. The molecule has 2 aliphatic rings. The monoisotopic (exact) mass is 374 g/mol. The standard InChI is InChI=1S/C20H26N2O5/c1-13-14-4-2-3-5-17(14)27-19(13)20(25)22-7-6-16(23)18(24)15(12-22)21-8-10-26-11-9-21/h2-5,15-16,18,23-24H,6-12H2,1H3/t15-,16-,18+/m1/s1. The van der Waals surface area contributed by atoms with Gasteiger partial charge in [0.05, 0.1) is 31.5 Å². The van der Waals surface area contributed by atoms with E-state index in [1.165, 1.54) is 0 Å². The van der Waals surface area contributed by atoms with Gasteiger partial charge in [-0.05, 0) is 19.4 Å². The van der Waals surface area contributed by atoms with Crippen molar-refractivity contribution < 1.29 is 24.2 Å². The van der Waals surface area contributed by atoms with E-state index in [4.69, 9.17) is 9.15 Å². The molecule has 146 valence electrons. The molecule has 2 N–H and O–H groups in total. The third-order valence-corrected chi connectivity index (χ3v) is 5.73. The zero-order valence-corrected chi connectivity index (χ0v) is 15.5. The van der Waals surface area contributed by atoms with Crippen LogP contribution in [0.2, 0.25) is 0 Å². The molecular formula is C20H26N2O5. The number of nitrogens with zero attached hydrogens (tertiary/aromatic N) is 2. The highest BCUT2D eigenvalue weighted by Gasteiger charge is 2.38. The summed E-state index contributed by atoms with van der Waals surface area (Å²) in [5, 5.41) is 21.9. The molecule has 1 aromatic carbocycles. The van der Waals surface area contributed by atoms with Crippen molar-refractivity contribution in [2.24, 2.45) is 0 Å². The molecule has 3 heterocycles. The van der Waals surface area contributed by atoms with E-state index in [2.05, 4.69) is 4.90 Å². The summed E-state index contributed by atoms with van der Waals surface area (Å²) < 4.78 is 11.2. The number of rotatable bonds is 2. The van der Waals surface area contributed by atoms with Crippen LogP contribution in [0.1, 0.15) is 22.5 Å². The molecule has 1 aromatic heterocycles. The molecule has 2 fully saturated rings. The van der Waals surface area contributed by atoms with Crippen LogP contribution in [0.3, 0.4) is 0 Å². The van der Waals surface area contributed by atoms with Gasteiger partial charge < -0.3 is 24.3 Å². The number of aryl methyl sites for hydroxylation is 1. The first-order valence-electron chi connectivity index (χ1n) is 9.51. The highest BCUT2D eigenvalue weighted by molar-refractivity contribution is 5.98. The maximum absolute atomic E-state index is 13.2. The average molecular weight is 374 g/mol. The Morgan fingerprint density at radius 2 is 1.89 bits per heavy atom. The molecule has 4 rings (SSSR count). The Kier molecular flexibility index (Phi) is 5.19.